The van der Waals surface area contributed by atoms with Crippen LogP contribution in [-0.4, -0.2) is 37.9 Å². The van der Waals surface area contributed by atoms with Crippen LogP contribution in [0.15, 0.2) is 51.3 Å². The van der Waals surface area contributed by atoms with Crippen LogP contribution in [0.25, 0.3) is 11.4 Å². The molecule has 0 saturated heterocycles. The zero-order valence-electron chi connectivity index (χ0n) is 13.1. The molecule has 0 spiro atoms. The van der Waals surface area contributed by atoms with E-state index in [0.717, 1.165) is 11.8 Å². The fourth-order valence-corrected chi connectivity index (χ4v) is 2.65. The number of halogens is 1. The summed E-state index contributed by atoms with van der Waals surface area (Å²) in [5, 5.41) is 21.6. The summed E-state index contributed by atoms with van der Waals surface area (Å²) in [5.41, 5.74) is 1.38. The number of thioether (sulfide) groups is 1. The van der Waals surface area contributed by atoms with E-state index in [1.165, 1.54) is 29.3 Å². The Labute approximate surface area is 146 Å². The number of carboxylic acids is 1. The number of aromatic nitrogens is 3. The summed E-state index contributed by atoms with van der Waals surface area (Å²) >= 11 is 1.00. The Hall–Kier alpha value is -2.94. The molecular formula is C16H13FN4O3S. The van der Waals surface area contributed by atoms with Gasteiger partial charge in [-0.1, -0.05) is 23.9 Å². The topological polar surface area (TPSA) is 93.5 Å². The third-order valence-electron chi connectivity index (χ3n) is 3.23. The van der Waals surface area contributed by atoms with Gasteiger partial charge < -0.3 is 9.52 Å². The van der Waals surface area contributed by atoms with Crippen molar-refractivity contribution in [3.63, 3.8) is 0 Å². The number of hydrogen-bond acceptors (Lipinski definition) is 6. The molecule has 1 aromatic carbocycles. The average molecular weight is 360 g/mol. The maximum atomic E-state index is 13.0. The Morgan fingerprint density at radius 1 is 1.36 bits per heavy atom. The van der Waals surface area contributed by atoms with Crippen LogP contribution in [0.2, 0.25) is 0 Å². The minimum absolute atomic E-state index is 0.172. The van der Waals surface area contributed by atoms with E-state index in [-0.39, 0.29) is 11.6 Å². The zero-order valence-corrected chi connectivity index (χ0v) is 13.9. The van der Waals surface area contributed by atoms with Crippen molar-refractivity contribution in [3.8, 4) is 11.4 Å². The van der Waals surface area contributed by atoms with Crippen molar-refractivity contribution in [2.75, 3.05) is 5.75 Å². The summed E-state index contributed by atoms with van der Waals surface area (Å²) in [4.78, 5) is 10.8. The molecule has 2 aromatic heterocycles. The Bertz CT molecular complexity index is 918. The SMILES string of the molecule is Cc1occc1-c1nnc(SCC(=O)O)n1/N=C\c1ccc(F)cc1. The lowest BCUT2D eigenvalue weighted by Crippen LogP contribution is -2.01. The molecule has 0 saturated carbocycles. The molecule has 2 heterocycles. The van der Waals surface area contributed by atoms with Crippen LogP contribution in [0.4, 0.5) is 4.39 Å². The molecule has 0 aliphatic carbocycles. The summed E-state index contributed by atoms with van der Waals surface area (Å²) in [5.74, 6) is -0.413. The van der Waals surface area contributed by atoms with Gasteiger partial charge in [0.25, 0.3) is 0 Å². The minimum atomic E-state index is -0.969. The second-order valence-corrected chi connectivity index (χ2v) is 5.93. The lowest BCUT2D eigenvalue weighted by Gasteiger charge is -2.03. The first kappa shape index (κ1) is 16.9. The standard InChI is InChI=1S/C16H13FN4O3S/c1-10-13(6-7-24-10)15-19-20-16(25-9-14(22)23)21(15)18-8-11-2-4-12(17)5-3-11/h2-8H,9H2,1H3,(H,22,23)/b18-8-. The zero-order chi connectivity index (χ0) is 17.8. The molecule has 0 radical (unpaired) electrons. The van der Waals surface area contributed by atoms with Crippen molar-refractivity contribution in [2.24, 2.45) is 5.10 Å². The molecule has 1 N–H and O–H groups in total. The second-order valence-electron chi connectivity index (χ2n) is 4.99. The summed E-state index contributed by atoms with van der Waals surface area (Å²) < 4.78 is 19.7. The summed E-state index contributed by atoms with van der Waals surface area (Å²) in [6.07, 6.45) is 3.05. The number of carboxylic acid groups (broad SMARTS) is 1. The molecule has 9 heteroatoms. The molecule has 0 fully saturated rings. The van der Waals surface area contributed by atoms with E-state index in [9.17, 15) is 9.18 Å². The monoisotopic (exact) mass is 360 g/mol. The quantitative estimate of drug-likeness (QED) is 0.536. The smallest absolute Gasteiger partial charge is 0.313 e. The van der Waals surface area contributed by atoms with Crippen molar-refractivity contribution in [1.82, 2.24) is 14.9 Å². The van der Waals surface area contributed by atoms with E-state index in [4.69, 9.17) is 9.52 Å². The second kappa shape index (κ2) is 7.31. The van der Waals surface area contributed by atoms with Gasteiger partial charge in [0.05, 0.1) is 23.8 Å². The highest BCUT2D eigenvalue weighted by Crippen LogP contribution is 2.26. The van der Waals surface area contributed by atoms with E-state index < -0.39 is 5.97 Å². The van der Waals surface area contributed by atoms with Gasteiger partial charge in [0.2, 0.25) is 5.16 Å². The first-order valence-electron chi connectivity index (χ1n) is 7.19. The van der Waals surface area contributed by atoms with Crippen LogP contribution in [0.5, 0.6) is 0 Å². The number of aliphatic carboxylic acids is 1. The minimum Gasteiger partial charge on any atom is -0.481 e. The van der Waals surface area contributed by atoms with Crippen LogP contribution in [-0.2, 0) is 4.79 Å². The van der Waals surface area contributed by atoms with Crippen LogP contribution >= 0.6 is 11.8 Å². The number of rotatable bonds is 6. The molecule has 25 heavy (non-hydrogen) atoms. The number of aryl methyl sites for hydroxylation is 1. The normalized spacial score (nSPS) is 11.3. The van der Waals surface area contributed by atoms with Crippen molar-refractivity contribution in [1.29, 1.82) is 0 Å². The lowest BCUT2D eigenvalue weighted by atomic mass is 10.2. The first-order chi connectivity index (χ1) is 12.0. The van der Waals surface area contributed by atoms with Gasteiger partial charge in [-0.2, -0.15) is 9.78 Å². The molecule has 3 rings (SSSR count). The van der Waals surface area contributed by atoms with E-state index in [2.05, 4.69) is 15.3 Å². The molecule has 0 unspecified atom stereocenters. The van der Waals surface area contributed by atoms with E-state index in [1.54, 1.807) is 25.1 Å². The van der Waals surface area contributed by atoms with Gasteiger partial charge in [0, 0.05) is 0 Å². The van der Waals surface area contributed by atoms with Gasteiger partial charge in [-0.05, 0) is 30.7 Å². The van der Waals surface area contributed by atoms with Crippen LogP contribution in [0.1, 0.15) is 11.3 Å². The van der Waals surface area contributed by atoms with E-state index in [1.807, 2.05) is 0 Å². The molecule has 0 atom stereocenters. The predicted octanol–water partition coefficient (Wildman–Crippen LogP) is 3.04. The van der Waals surface area contributed by atoms with Gasteiger partial charge in [0.1, 0.15) is 11.6 Å². The molecule has 0 amide bonds. The van der Waals surface area contributed by atoms with Crippen molar-refractivity contribution in [2.45, 2.75) is 12.1 Å². The van der Waals surface area contributed by atoms with Gasteiger partial charge >= 0.3 is 5.97 Å². The van der Waals surface area contributed by atoms with Crippen molar-refractivity contribution in [3.05, 3.63) is 53.7 Å². The number of furan rings is 1. The van der Waals surface area contributed by atoms with E-state index >= 15 is 0 Å². The Morgan fingerprint density at radius 2 is 2.12 bits per heavy atom. The molecule has 0 aliphatic rings. The maximum Gasteiger partial charge on any atom is 0.313 e. The fourth-order valence-electron chi connectivity index (χ4n) is 2.04. The molecule has 7 nitrogen and oxygen atoms in total. The number of benzene rings is 1. The summed E-state index contributed by atoms with van der Waals surface area (Å²) in [7, 11) is 0. The number of nitrogens with zero attached hydrogens (tertiary/aromatic N) is 4. The van der Waals surface area contributed by atoms with E-state index in [0.29, 0.717) is 27.9 Å². The highest BCUT2D eigenvalue weighted by molar-refractivity contribution is 7.99. The number of hydrogen-bond donors (Lipinski definition) is 1. The lowest BCUT2D eigenvalue weighted by molar-refractivity contribution is -0.133. The van der Waals surface area contributed by atoms with Gasteiger partial charge in [-0.15, -0.1) is 10.2 Å². The number of carbonyl (C=O) groups is 1. The molecule has 0 aliphatic heterocycles. The van der Waals surface area contributed by atoms with Crippen molar-refractivity contribution >= 4 is 23.9 Å². The highest BCUT2D eigenvalue weighted by atomic mass is 32.2. The van der Waals surface area contributed by atoms with Gasteiger partial charge in [-0.3, -0.25) is 4.79 Å². The van der Waals surface area contributed by atoms with Gasteiger partial charge in [-0.25, -0.2) is 4.39 Å². The molecule has 0 bridgehead atoms. The summed E-state index contributed by atoms with van der Waals surface area (Å²) in [6, 6.07) is 7.55. The molecule has 128 valence electrons. The fraction of sp³-hybridized carbons (Fsp3) is 0.125. The molecular weight excluding hydrogens is 347 g/mol. The summed E-state index contributed by atoms with van der Waals surface area (Å²) in [6.45, 7) is 1.78. The largest absolute Gasteiger partial charge is 0.481 e. The Morgan fingerprint density at radius 3 is 2.76 bits per heavy atom. The van der Waals surface area contributed by atoms with Gasteiger partial charge in [0.15, 0.2) is 5.82 Å². The third-order valence-corrected chi connectivity index (χ3v) is 4.13. The van der Waals surface area contributed by atoms with Crippen molar-refractivity contribution < 1.29 is 18.7 Å². The maximum absolute atomic E-state index is 13.0. The van der Waals surface area contributed by atoms with Crippen LogP contribution in [0, 0.1) is 12.7 Å². The Balaban J connectivity index is 1.98. The molecule has 3 aromatic rings. The average Bonchev–Trinajstić information content (AvgIpc) is 3.18. The van der Waals surface area contributed by atoms with Crippen LogP contribution in [0.3, 0.4) is 0 Å². The Kier molecular flexibility index (Phi) is 4.94. The highest BCUT2D eigenvalue weighted by Gasteiger charge is 2.18. The first-order valence-corrected chi connectivity index (χ1v) is 8.17. The van der Waals surface area contributed by atoms with Crippen LogP contribution < -0.4 is 0 Å². The predicted molar refractivity (Wildman–Crippen MR) is 90.2 cm³/mol. The third kappa shape index (κ3) is 3.94.